The van der Waals surface area contributed by atoms with Crippen molar-refractivity contribution in [2.75, 3.05) is 25.3 Å². The summed E-state index contributed by atoms with van der Waals surface area (Å²) < 4.78 is 15.9. The molecular weight excluding hydrogens is 354 g/mol. The second-order valence-corrected chi connectivity index (χ2v) is 6.17. The van der Waals surface area contributed by atoms with Crippen molar-refractivity contribution in [1.82, 2.24) is 10.2 Å². The van der Waals surface area contributed by atoms with Crippen LogP contribution in [0.15, 0.2) is 57.8 Å². The van der Waals surface area contributed by atoms with E-state index >= 15 is 0 Å². The fraction of sp³-hybridized carbons (Fsp3) is 0.167. The van der Waals surface area contributed by atoms with Crippen LogP contribution in [-0.4, -0.2) is 36.1 Å². The fourth-order valence-electron chi connectivity index (χ4n) is 2.18. The summed E-state index contributed by atoms with van der Waals surface area (Å²) in [5.41, 5.74) is 0.663. The Morgan fingerprint density at radius 3 is 2.58 bits per heavy atom. The normalized spacial score (nSPS) is 10.4. The molecule has 0 atom stereocenters. The van der Waals surface area contributed by atoms with Gasteiger partial charge in [-0.15, -0.1) is 16.9 Å². The molecule has 0 aliphatic rings. The number of benzene rings is 2. The van der Waals surface area contributed by atoms with E-state index in [2.05, 4.69) is 15.5 Å². The Morgan fingerprint density at radius 2 is 1.85 bits per heavy atom. The van der Waals surface area contributed by atoms with E-state index in [1.54, 1.807) is 26.4 Å². The molecular formula is C18H17N3O4S. The average Bonchev–Trinajstić information content (AvgIpc) is 3.15. The molecule has 0 spiro atoms. The van der Waals surface area contributed by atoms with Crippen molar-refractivity contribution in [2.45, 2.75) is 4.90 Å². The molecule has 1 N–H and O–H groups in total. The number of nitrogens with one attached hydrogen (secondary N) is 1. The lowest BCUT2D eigenvalue weighted by molar-refractivity contribution is -0.113. The quantitative estimate of drug-likeness (QED) is 0.636. The van der Waals surface area contributed by atoms with Crippen molar-refractivity contribution in [3.05, 3.63) is 48.5 Å². The number of aromatic nitrogens is 2. The predicted octanol–water partition coefficient (Wildman–Crippen LogP) is 3.48. The minimum Gasteiger partial charge on any atom is -0.497 e. The first-order chi connectivity index (χ1) is 12.7. The van der Waals surface area contributed by atoms with Crippen LogP contribution in [0.1, 0.15) is 0 Å². The molecule has 2 aromatic carbocycles. The van der Waals surface area contributed by atoms with Crippen LogP contribution in [0.25, 0.3) is 11.5 Å². The van der Waals surface area contributed by atoms with Crippen LogP contribution in [0, 0.1) is 0 Å². The van der Waals surface area contributed by atoms with E-state index in [0.29, 0.717) is 11.3 Å². The van der Waals surface area contributed by atoms with Gasteiger partial charge in [-0.05, 0) is 36.4 Å². The molecule has 0 fully saturated rings. The van der Waals surface area contributed by atoms with Crippen LogP contribution in [-0.2, 0) is 4.79 Å². The first-order valence-electron chi connectivity index (χ1n) is 7.73. The summed E-state index contributed by atoms with van der Waals surface area (Å²) in [6.07, 6.45) is 0. The number of hydrogen-bond donors (Lipinski definition) is 1. The summed E-state index contributed by atoms with van der Waals surface area (Å²) in [5, 5.41) is 10.4. The van der Waals surface area contributed by atoms with E-state index in [1.807, 2.05) is 36.4 Å². The second-order valence-electron chi connectivity index (χ2n) is 5.13. The van der Waals surface area contributed by atoms with Crippen LogP contribution in [0.4, 0.5) is 6.01 Å². The molecule has 3 rings (SSSR count). The van der Waals surface area contributed by atoms with Gasteiger partial charge in [0.2, 0.25) is 5.91 Å². The molecule has 1 aromatic heterocycles. The molecule has 26 heavy (non-hydrogen) atoms. The highest BCUT2D eigenvalue weighted by molar-refractivity contribution is 8.00. The van der Waals surface area contributed by atoms with E-state index < -0.39 is 0 Å². The lowest BCUT2D eigenvalue weighted by Gasteiger charge is -2.04. The molecule has 0 saturated carbocycles. The Kier molecular flexibility index (Phi) is 5.75. The zero-order valence-corrected chi connectivity index (χ0v) is 15.1. The van der Waals surface area contributed by atoms with Crippen molar-refractivity contribution < 1.29 is 18.7 Å². The number of rotatable bonds is 7. The van der Waals surface area contributed by atoms with Crippen molar-refractivity contribution in [3.8, 4) is 23.0 Å². The SMILES string of the molecule is COc1ccc(SCC(=O)Nc2nnc(-c3ccccc3OC)o2)cc1. The van der Waals surface area contributed by atoms with Gasteiger partial charge in [0.05, 0.1) is 25.5 Å². The summed E-state index contributed by atoms with van der Waals surface area (Å²) in [6.45, 7) is 0. The zero-order chi connectivity index (χ0) is 18.4. The number of methoxy groups -OCH3 is 2. The van der Waals surface area contributed by atoms with Crippen LogP contribution in [0.3, 0.4) is 0 Å². The first-order valence-corrected chi connectivity index (χ1v) is 8.71. The molecule has 134 valence electrons. The molecule has 1 heterocycles. The van der Waals surface area contributed by atoms with Gasteiger partial charge in [-0.3, -0.25) is 10.1 Å². The number of hydrogen-bond acceptors (Lipinski definition) is 7. The lowest BCUT2D eigenvalue weighted by atomic mass is 10.2. The standard InChI is InChI=1S/C18H17N3O4S/c1-23-12-7-9-13(10-8-12)26-11-16(22)19-18-21-20-17(25-18)14-5-3-4-6-15(14)24-2/h3-10H,11H2,1-2H3,(H,19,21,22). The number of carbonyl (C=O) groups is 1. The van der Waals surface area contributed by atoms with Gasteiger partial charge in [-0.1, -0.05) is 17.2 Å². The number of thioether (sulfide) groups is 1. The number of carbonyl (C=O) groups excluding carboxylic acids is 1. The molecule has 3 aromatic rings. The molecule has 0 aliphatic heterocycles. The molecule has 0 aliphatic carbocycles. The second kappa shape index (κ2) is 8.39. The topological polar surface area (TPSA) is 86.5 Å². The first kappa shape index (κ1) is 17.8. The monoisotopic (exact) mass is 371 g/mol. The van der Waals surface area contributed by atoms with E-state index in [9.17, 15) is 4.79 Å². The number of amides is 1. The number of anilines is 1. The molecule has 8 heteroatoms. The van der Waals surface area contributed by atoms with Gasteiger partial charge in [-0.25, -0.2) is 0 Å². The van der Waals surface area contributed by atoms with E-state index in [1.165, 1.54) is 11.8 Å². The highest BCUT2D eigenvalue weighted by Crippen LogP contribution is 2.29. The van der Waals surface area contributed by atoms with Crippen LogP contribution in [0.5, 0.6) is 11.5 Å². The Hall–Kier alpha value is -3.00. The molecule has 0 radical (unpaired) electrons. The van der Waals surface area contributed by atoms with Crippen molar-refractivity contribution in [3.63, 3.8) is 0 Å². The zero-order valence-electron chi connectivity index (χ0n) is 14.3. The summed E-state index contributed by atoms with van der Waals surface area (Å²) in [6, 6.07) is 14.8. The molecule has 0 unspecified atom stereocenters. The third kappa shape index (κ3) is 4.34. The van der Waals surface area contributed by atoms with Crippen molar-refractivity contribution in [2.24, 2.45) is 0 Å². The number of ether oxygens (including phenoxy) is 2. The Balaban J connectivity index is 1.59. The molecule has 7 nitrogen and oxygen atoms in total. The van der Waals surface area contributed by atoms with Gasteiger partial charge in [0.1, 0.15) is 11.5 Å². The maximum absolute atomic E-state index is 12.1. The lowest BCUT2D eigenvalue weighted by Crippen LogP contribution is -2.14. The third-order valence-electron chi connectivity index (χ3n) is 3.44. The number of para-hydroxylation sites is 1. The smallest absolute Gasteiger partial charge is 0.322 e. The summed E-state index contributed by atoms with van der Waals surface area (Å²) in [7, 11) is 3.17. The van der Waals surface area contributed by atoms with Crippen LogP contribution < -0.4 is 14.8 Å². The maximum Gasteiger partial charge on any atom is 0.322 e. The highest BCUT2D eigenvalue weighted by Gasteiger charge is 2.14. The van der Waals surface area contributed by atoms with Gasteiger partial charge in [0.15, 0.2) is 0 Å². The Morgan fingerprint density at radius 1 is 1.08 bits per heavy atom. The molecule has 0 saturated heterocycles. The van der Waals surface area contributed by atoms with Gasteiger partial charge in [-0.2, -0.15) is 0 Å². The summed E-state index contributed by atoms with van der Waals surface area (Å²) in [5.74, 6) is 1.65. The number of nitrogens with zero attached hydrogens (tertiary/aromatic N) is 2. The van der Waals surface area contributed by atoms with Gasteiger partial charge in [0, 0.05) is 4.90 Å². The van der Waals surface area contributed by atoms with Gasteiger partial charge >= 0.3 is 6.01 Å². The maximum atomic E-state index is 12.1. The summed E-state index contributed by atoms with van der Waals surface area (Å²) >= 11 is 1.40. The van der Waals surface area contributed by atoms with E-state index in [4.69, 9.17) is 13.9 Å². The van der Waals surface area contributed by atoms with E-state index in [-0.39, 0.29) is 23.6 Å². The molecule has 1 amide bonds. The van der Waals surface area contributed by atoms with Gasteiger partial charge < -0.3 is 13.9 Å². The minimum atomic E-state index is -0.235. The van der Waals surface area contributed by atoms with E-state index in [0.717, 1.165) is 10.6 Å². The van der Waals surface area contributed by atoms with Crippen molar-refractivity contribution in [1.29, 1.82) is 0 Å². The average molecular weight is 371 g/mol. The largest absolute Gasteiger partial charge is 0.497 e. The predicted molar refractivity (Wildman–Crippen MR) is 98.6 cm³/mol. The molecule has 0 bridgehead atoms. The summed E-state index contributed by atoms with van der Waals surface area (Å²) in [4.78, 5) is 13.0. The van der Waals surface area contributed by atoms with Gasteiger partial charge in [0.25, 0.3) is 5.89 Å². The fourth-order valence-corrected chi connectivity index (χ4v) is 2.88. The van der Waals surface area contributed by atoms with Crippen LogP contribution >= 0.6 is 11.8 Å². The Labute approximate surface area is 154 Å². The third-order valence-corrected chi connectivity index (χ3v) is 4.45. The Bertz CT molecular complexity index is 880. The van der Waals surface area contributed by atoms with Crippen molar-refractivity contribution >= 4 is 23.7 Å². The highest BCUT2D eigenvalue weighted by atomic mass is 32.2. The van der Waals surface area contributed by atoms with Crippen LogP contribution in [0.2, 0.25) is 0 Å². The minimum absolute atomic E-state index is 0.0474.